The zero-order valence-corrected chi connectivity index (χ0v) is 22.6. The Bertz CT molecular complexity index is 1540. The van der Waals surface area contributed by atoms with E-state index in [1.54, 1.807) is 18.2 Å². The second kappa shape index (κ2) is 10.8. The molecule has 2 atom stereocenters. The van der Waals surface area contributed by atoms with Crippen LogP contribution >= 0.6 is 15.9 Å². The highest BCUT2D eigenvalue weighted by Crippen LogP contribution is 2.48. The van der Waals surface area contributed by atoms with Crippen LogP contribution in [0.25, 0.3) is 0 Å². The fraction of sp³-hybridized carbons (Fsp3) is 0.250. The SMILES string of the molecule is O=C1CCC(C(F)(c2nnc(Cc3ccc(OCc4ccccc4)cc3)o2)S(=O)(=O)c2cccc(Br)c2)C1. The molecular formula is C28H24BrFN2O5S. The van der Waals surface area contributed by atoms with Gasteiger partial charge in [-0.05, 0) is 47.9 Å². The Kier molecular flexibility index (Phi) is 7.45. The summed E-state index contributed by atoms with van der Waals surface area (Å²) in [5.41, 5.74) is 1.84. The molecule has 0 amide bonds. The van der Waals surface area contributed by atoms with Crippen LogP contribution < -0.4 is 4.74 Å². The van der Waals surface area contributed by atoms with Crippen LogP contribution in [0.2, 0.25) is 0 Å². The normalized spacial score (nSPS) is 17.3. The standard InChI is InChI=1S/C28H24BrFN2O5S/c29-22-7-4-8-25(17-22)38(34,35)28(30,21-11-12-23(33)16-21)27-32-31-26(37-27)15-19-9-13-24(14-10-19)36-18-20-5-2-1-3-6-20/h1-10,13-14,17,21H,11-12,15-16,18H2. The third kappa shape index (κ3) is 5.28. The summed E-state index contributed by atoms with van der Waals surface area (Å²) in [5.74, 6) is -1.24. The number of ketones is 1. The van der Waals surface area contributed by atoms with Crippen molar-refractivity contribution >= 4 is 31.6 Å². The number of benzene rings is 3. The summed E-state index contributed by atoms with van der Waals surface area (Å²) in [6, 6.07) is 22.8. The van der Waals surface area contributed by atoms with E-state index in [9.17, 15) is 13.2 Å². The highest BCUT2D eigenvalue weighted by atomic mass is 79.9. The maximum absolute atomic E-state index is 16.9. The van der Waals surface area contributed by atoms with Gasteiger partial charge in [0, 0.05) is 23.2 Å². The second-order valence-corrected chi connectivity index (χ2v) is 12.2. The van der Waals surface area contributed by atoms with Crippen LogP contribution in [-0.4, -0.2) is 24.4 Å². The minimum absolute atomic E-state index is 0.0637. The molecule has 0 bridgehead atoms. The van der Waals surface area contributed by atoms with Crippen molar-refractivity contribution < 1.29 is 26.8 Å². The fourth-order valence-corrected chi connectivity index (χ4v) is 6.91. The summed E-state index contributed by atoms with van der Waals surface area (Å²) in [5, 5.41) is 4.73. The summed E-state index contributed by atoms with van der Waals surface area (Å²) in [4.78, 5) is 11.8. The maximum atomic E-state index is 16.9. The predicted octanol–water partition coefficient (Wildman–Crippen LogP) is 5.97. The molecule has 0 aliphatic heterocycles. The molecule has 1 aliphatic carbocycles. The summed E-state index contributed by atoms with van der Waals surface area (Å²) >= 11 is 3.24. The summed E-state index contributed by atoms with van der Waals surface area (Å²) in [6.45, 7) is 0.432. The molecule has 38 heavy (non-hydrogen) atoms. The first-order chi connectivity index (χ1) is 18.3. The van der Waals surface area contributed by atoms with E-state index in [2.05, 4.69) is 26.1 Å². The first-order valence-electron chi connectivity index (χ1n) is 12.0. The van der Waals surface area contributed by atoms with Crippen LogP contribution in [0.1, 0.15) is 42.2 Å². The minimum atomic E-state index is -4.64. The zero-order chi connectivity index (χ0) is 26.8. The molecule has 10 heteroatoms. The molecule has 1 aliphatic rings. The van der Waals surface area contributed by atoms with Gasteiger partial charge in [-0.2, -0.15) is 0 Å². The van der Waals surface area contributed by atoms with Gasteiger partial charge in [-0.1, -0.05) is 64.5 Å². The van der Waals surface area contributed by atoms with Gasteiger partial charge in [-0.25, -0.2) is 12.8 Å². The topological polar surface area (TPSA) is 99.4 Å². The number of sulfone groups is 1. The lowest BCUT2D eigenvalue weighted by Crippen LogP contribution is -2.38. The highest BCUT2D eigenvalue weighted by molar-refractivity contribution is 9.10. The van der Waals surface area contributed by atoms with E-state index in [4.69, 9.17) is 9.15 Å². The molecule has 3 aromatic carbocycles. The lowest BCUT2D eigenvalue weighted by molar-refractivity contribution is -0.117. The molecular weight excluding hydrogens is 575 g/mol. The van der Waals surface area contributed by atoms with Gasteiger partial charge in [0.15, 0.2) is 0 Å². The first-order valence-corrected chi connectivity index (χ1v) is 14.3. The number of hydrogen-bond donors (Lipinski definition) is 0. The molecule has 2 unspecified atom stereocenters. The number of rotatable bonds is 9. The van der Waals surface area contributed by atoms with Crippen molar-refractivity contribution in [1.82, 2.24) is 10.2 Å². The molecule has 5 rings (SSSR count). The third-order valence-electron chi connectivity index (χ3n) is 6.55. The number of hydrogen-bond acceptors (Lipinski definition) is 7. The van der Waals surface area contributed by atoms with Gasteiger partial charge in [0.25, 0.3) is 10.9 Å². The lowest BCUT2D eigenvalue weighted by atomic mass is 10.0. The molecule has 7 nitrogen and oxygen atoms in total. The smallest absolute Gasteiger partial charge is 0.294 e. The molecule has 196 valence electrons. The van der Waals surface area contributed by atoms with Gasteiger partial charge < -0.3 is 9.15 Å². The number of alkyl halides is 1. The third-order valence-corrected chi connectivity index (χ3v) is 9.21. The number of nitrogens with zero attached hydrogens (tertiary/aromatic N) is 2. The quantitative estimate of drug-likeness (QED) is 0.234. The van der Waals surface area contributed by atoms with Crippen molar-refractivity contribution in [3.8, 4) is 5.75 Å². The van der Waals surface area contributed by atoms with Gasteiger partial charge in [0.1, 0.15) is 18.1 Å². The number of carbonyl (C=O) groups is 1. The Balaban J connectivity index is 1.37. The van der Waals surface area contributed by atoms with Gasteiger partial charge in [0.05, 0.1) is 11.3 Å². The summed E-state index contributed by atoms with van der Waals surface area (Å²) in [6.07, 6.45) is 0.128. The Labute approximate surface area is 228 Å². The van der Waals surface area contributed by atoms with Crippen molar-refractivity contribution in [2.75, 3.05) is 0 Å². The van der Waals surface area contributed by atoms with Crippen LogP contribution in [0.3, 0.4) is 0 Å². The average Bonchev–Trinajstić information content (AvgIpc) is 3.58. The van der Waals surface area contributed by atoms with Crippen molar-refractivity contribution in [1.29, 1.82) is 0 Å². The van der Waals surface area contributed by atoms with Crippen LogP contribution in [0.5, 0.6) is 5.75 Å². The monoisotopic (exact) mass is 598 g/mol. The van der Waals surface area contributed by atoms with E-state index in [1.807, 2.05) is 42.5 Å². The zero-order valence-electron chi connectivity index (χ0n) is 20.2. The number of halogens is 2. The molecule has 0 radical (unpaired) electrons. The Morgan fingerprint density at radius 1 is 1.00 bits per heavy atom. The van der Waals surface area contributed by atoms with Crippen molar-refractivity contribution in [2.45, 2.75) is 42.2 Å². The van der Waals surface area contributed by atoms with Crippen molar-refractivity contribution in [3.05, 3.63) is 106 Å². The number of carbonyl (C=O) groups excluding carboxylic acids is 1. The van der Waals surface area contributed by atoms with Crippen LogP contribution in [-0.2, 0) is 32.7 Å². The highest BCUT2D eigenvalue weighted by Gasteiger charge is 2.59. The minimum Gasteiger partial charge on any atom is -0.489 e. The predicted molar refractivity (Wildman–Crippen MR) is 141 cm³/mol. The Hall–Kier alpha value is -3.37. The van der Waals surface area contributed by atoms with E-state index in [-0.39, 0.29) is 42.3 Å². The van der Waals surface area contributed by atoms with Gasteiger partial charge in [-0.3, -0.25) is 4.79 Å². The molecule has 1 heterocycles. The summed E-state index contributed by atoms with van der Waals surface area (Å²) < 4.78 is 56.0. The van der Waals surface area contributed by atoms with Gasteiger partial charge in [0.2, 0.25) is 15.7 Å². The molecule has 1 aromatic heterocycles. The fourth-order valence-electron chi connectivity index (χ4n) is 4.53. The van der Waals surface area contributed by atoms with E-state index in [0.29, 0.717) is 16.8 Å². The maximum Gasteiger partial charge on any atom is 0.294 e. The average molecular weight is 599 g/mol. The van der Waals surface area contributed by atoms with Crippen molar-refractivity contribution in [2.24, 2.45) is 5.92 Å². The number of aromatic nitrogens is 2. The number of ether oxygens (including phenoxy) is 1. The largest absolute Gasteiger partial charge is 0.489 e. The van der Waals surface area contributed by atoms with Crippen LogP contribution in [0, 0.1) is 5.92 Å². The van der Waals surface area contributed by atoms with E-state index < -0.39 is 26.6 Å². The first kappa shape index (κ1) is 26.2. The van der Waals surface area contributed by atoms with Crippen LogP contribution in [0.4, 0.5) is 4.39 Å². The molecule has 0 N–H and O–H groups in total. The lowest BCUT2D eigenvalue weighted by Gasteiger charge is -2.27. The Morgan fingerprint density at radius 2 is 1.76 bits per heavy atom. The molecule has 0 spiro atoms. The number of Topliss-reactive ketones (excluding diaryl/α,β-unsaturated/α-hetero) is 1. The summed E-state index contributed by atoms with van der Waals surface area (Å²) in [7, 11) is -4.64. The molecule has 1 saturated carbocycles. The van der Waals surface area contributed by atoms with E-state index >= 15 is 4.39 Å². The van der Waals surface area contributed by atoms with E-state index in [1.165, 1.54) is 18.2 Å². The molecule has 0 saturated heterocycles. The van der Waals surface area contributed by atoms with Crippen LogP contribution in [0.15, 0.2) is 92.6 Å². The Morgan fingerprint density at radius 3 is 2.45 bits per heavy atom. The van der Waals surface area contributed by atoms with E-state index in [0.717, 1.165) is 11.1 Å². The van der Waals surface area contributed by atoms with Gasteiger partial charge in [-0.15, -0.1) is 10.2 Å². The molecule has 4 aromatic rings. The second-order valence-electron chi connectivity index (χ2n) is 9.18. The van der Waals surface area contributed by atoms with Gasteiger partial charge >= 0.3 is 0 Å². The molecule has 1 fully saturated rings. The van der Waals surface area contributed by atoms with Crippen molar-refractivity contribution in [3.63, 3.8) is 0 Å².